The first-order valence-corrected chi connectivity index (χ1v) is 6.56. The number of hydrogen-bond acceptors (Lipinski definition) is 4. The summed E-state index contributed by atoms with van der Waals surface area (Å²) < 4.78 is 37.3. The first-order valence-electron chi connectivity index (χ1n) is 5.74. The molecule has 0 aliphatic carbocycles. The molecule has 0 aliphatic heterocycles. The van der Waals surface area contributed by atoms with Crippen molar-refractivity contribution in [3.63, 3.8) is 0 Å². The fourth-order valence-corrected chi connectivity index (χ4v) is 2.45. The van der Waals surface area contributed by atoms with Crippen LogP contribution in [0.15, 0.2) is 36.5 Å². The summed E-state index contributed by atoms with van der Waals surface area (Å²) in [5.74, 6) is -0.526. The third kappa shape index (κ3) is 3.43. The van der Waals surface area contributed by atoms with E-state index < -0.39 is 23.0 Å². The van der Waals surface area contributed by atoms with Gasteiger partial charge >= 0.3 is 6.18 Å². The molecule has 2 N–H and O–H groups in total. The van der Waals surface area contributed by atoms with Gasteiger partial charge in [0.25, 0.3) is 0 Å². The lowest BCUT2D eigenvalue weighted by atomic mass is 10.0. The van der Waals surface area contributed by atoms with Crippen molar-refractivity contribution in [2.75, 3.05) is 0 Å². The molecule has 0 bridgehead atoms. The number of nitrogens with zero attached hydrogens (tertiary/aromatic N) is 1. The van der Waals surface area contributed by atoms with Crippen LogP contribution in [0.3, 0.4) is 0 Å². The van der Waals surface area contributed by atoms with Gasteiger partial charge < -0.3 is 5.73 Å². The highest BCUT2D eigenvalue weighted by Crippen LogP contribution is 2.32. The molecule has 20 heavy (non-hydrogen) atoms. The first kappa shape index (κ1) is 14.7. The average Bonchev–Trinajstić information content (AvgIpc) is 2.88. The summed E-state index contributed by atoms with van der Waals surface area (Å²) in [6.45, 7) is 0. The molecule has 1 heterocycles. The summed E-state index contributed by atoms with van der Waals surface area (Å²) in [6, 6.07) is 8.18. The SMILES string of the molecule is NC(Cc1ccccc1)C(=O)c1cnc(C(F)(F)F)s1. The molecule has 3 nitrogen and oxygen atoms in total. The van der Waals surface area contributed by atoms with E-state index in [-0.39, 0.29) is 11.3 Å². The van der Waals surface area contributed by atoms with Crippen LogP contribution in [0.4, 0.5) is 13.2 Å². The topological polar surface area (TPSA) is 56.0 Å². The number of thiazole rings is 1. The predicted molar refractivity (Wildman–Crippen MR) is 69.6 cm³/mol. The van der Waals surface area contributed by atoms with Gasteiger partial charge in [0.1, 0.15) is 0 Å². The molecule has 0 radical (unpaired) electrons. The molecular weight excluding hydrogens is 289 g/mol. The summed E-state index contributed by atoms with van der Waals surface area (Å²) in [5.41, 5.74) is 6.60. The molecule has 0 spiro atoms. The number of carbonyl (C=O) groups excluding carboxylic acids is 1. The third-order valence-corrected chi connectivity index (χ3v) is 3.68. The Morgan fingerprint density at radius 2 is 1.95 bits per heavy atom. The molecular formula is C13H11F3N2OS. The zero-order valence-electron chi connectivity index (χ0n) is 10.2. The molecule has 0 saturated heterocycles. The van der Waals surface area contributed by atoms with Crippen LogP contribution in [0.2, 0.25) is 0 Å². The molecule has 2 rings (SSSR count). The van der Waals surface area contributed by atoms with Crippen LogP contribution < -0.4 is 5.73 Å². The Labute approximate surface area is 117 Å². The number of Topliss-reactive ketones (excluding diaryl/α,β-unsaturated/α-hetero) is 1. The van der Waals surface area contributed by atoms with Crippen molar-refractivity contribution < 1.29 is 18.0 Å². The number of nitrogens with two attached hydrogens (primary N) is 1. The van der Waals surface area contributed by atoms with Crippen molar-refractivity contribution in [3.8, 4) is 0 Å². The van der Waals surface area contributed by atoms with Gasteiger partial charge in [-0.2, -0.15) is 13.2 Å². The van der Waals surface area contributed by atoms with E-state index in [1.807, 2.05) is 6.07 Å². The van der Waals surface area contributed by atoms with E-state index in [4.69, 9.17) is 5.73 Å². The molecule has 0 aliphatic rings. The summed E-state index contributed by atoms with van der Waals surface area (Å²) >= 11 is 0.321. The van der Waals surface area contributed by atoms with Gasteiger partial charge in [0, 0.05) is 6.20 Å². The maximum Gasteiger partial charge on any atom is 0.443 e. The Morgan fingerprint density at radius 1 is 1.30 bits per heavy atom. The van der Waals surface area contributed by atoms with Gasteiger partial charge in [0.15, 0.2) is 10.8 Å². The molecule has 106 valence electrons. The largest absolute Gasteiger partial charge is 0.443 e. The van der Waals surface area contributed by atoms with Crippen LogP contribution in [0.1, 0.15) is 20.2 Å². The first-order chi connectivity index (χ1) is 9.38. The molecule has 2 aromatic rings. The number of alkyl halides is 3. The number of halogens is 3. The van der Waals surface area contributed by atoms with Gasteiger partial charge in [-0.1, -0.05) is 30.3 Å². The van der Waals surface area contributed by atoms with Gasteiger partial charge in [-0.25, -0.2) is 4.98 Å². The highest BCUT2D eigenvalue weighted by molar-refractivity contribution is 7.13. The number of hydrogen-bond donors (Lipinski definition) is 1. The van der Waals surface area contributed by atoms with Crippen molar-refractivity contribution in [3.05, 3.63) is 52.0 Å². The lowest BCUT2D eigenvalue weighted by molar-refractivity contribution is -0.137. The third-order valence-electron chi connectivity index (χ3n) is 2.63. The Morgan fingerprint density at radius 3 is 2.50 bits per heavy atom. The molecule has 1 unspecified atom stereocenters. The Bertz CT molecular complexity index is 595. The second-order valence-electron chi connectivity index (χ2n) is 4.19. The van der Waals surface area contributed by atoms with E-state index in [0.29, 0.717) is 11.3 Å². The number of benzene rings is 1. The number of carbonyl (C=O) groups is 1. The van der Waals surface area contributed by atoms with Crippen LogP contribution in [0.25, 0.3) is 0 Å². The van der Waals surface area contributed by atoms with E-state index in [9.17, 15) is 18.0 Å². The van der Waals surface area contributed by atoms with Crippen molar-refractivity contribution in [1.82, 2.24) is 4.98 Å². The fraction of sp³-hybridized carbons (Fsp3) is 0.231. The molecule has 1 atom stereocenters. The summed E-state index contributed by atoms with van der Waals surface area (Å²) in [6.07, 6.45) is -3.33. The monoisotopic (exact) mass is 300 g/mol. The molecule has 0 amide bonds. The van der Waals surface area contributed by atoms with Gasteiger partial charge in [0.2, 0.25) is 0 Å². The summed E-state index contributed by atoms with van der Waals surface area (Å²) in [7, 11) is 0. The van der Waals surface area contributed by atoms with Crippen LogP contribution in [-0.2, 0) is 12.6 Å². The highest BCUT2D eigenvalue weighted by atomic mass is 32.1. The fourth-order valence-electron chi connectivity index (χ4n) is 1.66. The zero-order valence-corrected chi connectivity index (χ0v) is 11.0. The van der Waals surface area contributed by atoms with Crippen molar-refractivity contribution >= 4 is 17.1 Å². The Kier molecular flexibility index (Phi) is 4.20. The van der Waals surface area contributed by atoms with E-state index in [1.54, 1.807) is 24.3 Å². The number of rotatable bonds is 4. The second-order valence-corrected chi connectivity index (χ2v) is 5.22. The van der Waals surface area contributed by atoms with Crippen LogP contribution >= 0.6 is 11.3 Å². The van der Waals surface area contributed by atoms with Crippen molar-refractivity contribution in [2.45, 2.75) is 18.6 Å². The maximum atomic E-state index is 12.4. The van der Waals surface area contributed by atoms with E-state index >= 15 is 0 Å². The van der Waals surface area contributed by atoms with E-state index in [2.05, 4.69) is 4.98 Å². The normalized spacial score (nSPS) is 13.2. The molecule has 7 heteroatoms. The number of aromatic nitrogens is 1. The summed E-state index contributed by atoms with van der Waals surface area (Å²) in [4.78, 5) is 15.1. The lowest BCUT2D eigenvalue weighted by Gasteiger charge is -2.08. The van der Waals surface area contributed by atoms with Gasteiger partial charge in [-0.05, 0) is 12.0 Å². The predicted octanol–water partition coefficient (Wildman–Crippen LogP) is 2.91. The van der Waals surface area contributed by atoms with Gasteiger partial charge in [-0.3, -0.25) is 4.79 Å². The molecule has 0 fully saturated rings. The highest BCUT2D eigenvalue weighted by Gasteiger charge is 2.35. The van der Waals surface area contributed by atoms with E-state index in [0.717, 1.165) is 11.8 Å². The zero-order chi connectivity index (χ0) is 14.8. The molecule has 0 saturated carbocycles. The Hall–Kier alpha value is -1.73. The number of ketones is 1. The maximum absolute atomic E-state index is 12.4. The van der Waals surface area contributed by atoms with E-state index in [1.165, 1.54) is 0 Å². The minimum absolute atomic E-state index is 0.0687. The van der Waals surface area contributed by atoms with Crippen molar-refractivity contribution in [1.29, 1.82) is 0 Å². The van der Waals surface area contributed by atoms with Gasteiger partial charge in [-0.15, -0.1) is 11.3 Å². The minimum atomic E-state index is -4.53. The smallest absolute Gasteiger partial charge is 0.321 e. The standard InChI is InChI=1S/C13H11F3N2OS/c14-13(15,16)12-18-7-10(20-12)11(19)9(17)6-8-4-2-1-3-5-8/h1-5,7,9H,6,17H2. The average molecular weight is 300 g/mol. The van der Waals surface area contributed by atoms with Crippen LogP contribution in [0.5, 0.6) is 0 Å². The lowest BCUT2D eigenvalue weighted by Crippen LogP contribution is -2.32. The van der Waals surface area contributed by atoms with Crippen LogP contribution in [-0.4, -0.2) is 16.8 Å². The van der Waals surface area contributed by atoms with Gasteiger partial charge in [0.05, 0.1) is 10.9 Å². The molecule has 1 aromatic heterocycles. The Balaban J connectivity index is 2.09. The quantitative estimate of drug-likeness (QED) is 0.883. The van der Waals surface area contributed by atoms with Crippen molar-refractivity contribution in [2.24, 2.45) is 5.73 Å². The second kappa shape index (κ2) is 5.72. The molecule has 1 aromatic carbocycles. The summed E-state index contributed by atoms with van der Waals surface area (Å²) in [5, 5.41) is -1.03. The minimum Gasteiger partial charge on any atom is -0.321 e. The van der Waals surface area contributed by atoms with Crippen LogP contribution in [0, 0.1) is 0 Å².